The van der Waals surface area contributed by atoms with Gasteiger partial charge in [-0.15, -0.1) is 0 Å². The molecule has 2 nitrogen and oxygen atoms in total. The zero-order valence-electron chi connectivity index (χ0n) is 33.2. The third-order valence-electron chi connectivity index (χ3n) is 14.3. The molecule has 4 aliphatic carbocycles. The number of allylic oxidation sites excluding steroid dienone is 5. The molecule has 0 saturated heterocycles. The van der Waals surface area contributed by atoms with Crippen LogP contribution in [0.2, 0.25) is 0 Å². The van der Waals surface area contributed by atoms with E-state index in [1.807, 2.05) is 12.2 Å². The summed E-state index contributed by atoms with van der Waals surface area (Å²) in [5, 5.41) is 0. The van der Waals surface area contributed by atoms with Crippen molar-refractivity contribution in [3.05, 3.63) is 47.0 Å². The number of esters is 1. The quantitative estimate of drug-likeness (QED) is 0.0639. The minimum absolute atomic E-state index is 0.000469. The van der Waals surface area contributed by atoms with E-state index in [9.17, 15) is 4.79 Å². The van der Waals surface area contributed by atoms with Gasteiger partial charge in [-0.05, 0) is 166 Å². The van der Waals surface area contributed by atoms with E-state index in [4.69, 9.17) is 4.74 Å². The predicted molar refractivity (Wildman–Crippen MR) is 221 cm³/mol. The lowest BCUT2D eigenvalue weighted by Gasteiger charge is -2.58. The molecule has 3 fully saturated rings. The molecule has 4 rings (SSSR count). The molecule has 0 bridgehead atoms. The molecule has 0 aromatic rings. The number of carbonyl (C=O) groups is 1. The summed E-state index contributed by atoms with van der Waals surface area (Å²) in [5.74, 6) is 17.4. The highest BCUT2D eigenvalue weighted by Crippen LogP contribution is 2.67. The molecule has 4 aliphatic rings. The lowest BCUT2D eigenvalue weighted by molar-refractivity contribution is -0.151. The molecule has 0 aliphatic heterocycles. The summed E-state index contributed by atoms with van der Waals surface area (Å²) >= 11 is 3.22. The average Bonchev–Trinajstić information content (AvgIpc) is 3.48. The number of carbonyl (C=O) groups excluding carboxylic acids is 1. The number of halogens is 1. The second-order valence-electron chi connectivity index (χ2n) is 17.2. The summed E-state index contributed by atoms with van der Waals surface area (Å²) < 4.78 is 6.10. The van der Waals surface area contributed by atoms with Gasteiger partial charge in [0.1, 0.15) is 6.10 Å². The third-order valence-corrected chi connectivity index (χ3v) is 14.5. The van der Waals surface area contributed by atoms with E-state index in [0.29, 0.717) is 23.2 Å². The monoisotopic (exact) mass is 758 g/mol. The van der Waals surface area contributed by atoms with Gasteiger partial charge >= 0.3 is 5.97 Å². The normalized spacial score (nSPS) is 30.4. The molecule has 0 radical (unpaired) electrons. The zero-order chi connectivity index (χ0) is 36.7. The van der Waals surface area contributed by atoms with Crippen molar-refractivity contribution >= 4 is 21.9 Å². The maximum Gasteiger partial charge on any atom is 0.306 e. The van der Waals surface area contributed by atoms with Crippen molar-refractivity contribution in [2.75, 3.05) is 0 Å². The first-order chi connectivity index (χ1) is 24.7. The molecule has 0 heterocycles. The van der Waals surface area contributed by atoms with Gasteiger partial charge in [-0.3, -0.25) is 4.79 Å². The highest BCUT2D eigenvalue weighted by molar-refractivity contribution is 9.11. The first-order valence-corrected chi connectivity index (χ1v) is 22.0. The lowest BCUT2D eigenvalue weighted by Crippen LogP contribution is -2.51. The SMILES string of the molecule is C=C(CCC(C)C1CCC2C3CC=C4CC(OC(=O)CCCCCC#C/C=C/CCCCC#C/C=C/Br)CCC4(C)C3CCC12C)C(CC)CC. The number of rotatable bonds is 17. The van der Waals surface area contributed by atoms with E-state index >= 15 is 0 Å². The fourth-order valence-corrected chi connectivity index (χ4v) is 11.3. The zero-order valence-corrected chi connectivity index (χ0v) is 34.8. The maximum atomic E-state index is 12.8. The molecule has 0 aromatic carbocycles. The Morgan fingerprint density at radius 2 is 1.71 bits per heavy atom. The Morgan fingerprint density at radius 1 is 0.961 bits per heavy atom. The molecule has 0 spiro atoms. The average molecular weight is 760 g/mol. The van der Waals surface area contributed by atoms with E-state index in [1.165, 1.54) is 69.8 Å². The maximum absolute atomic E-state index is 12.8. The summed E-state index contributed by atoms with van der Waals surface area (Å²) in [6.07, 6.45) is 32.4. The van der Waals surface area contributed by atoms with E-state index < -0.39 is 0 Å². The molecular weight excluding hydrogens is 688 g/mol. The number of fused-ring (bicyclic) bond motifs is 5. The van der Waals surface area contributed by atoms with Crippen LogP contribution in [0.4, 0.5) is 0 Å². The van der Waals surface area contributed by atoms with Gasteiger partial charge < -0.3 is 4.74 Å². The molecule has 0 amide bonds. The largest absolute Gasteiger partial charge is 0.462 e. The topological polar surface area (TPSA) is 26.3 Å². The molecule has 282 valence electrons. The van der Waals surface area contributed by atoms with Crippen molar-refractivity contribution in [3.8, 4) is 23.7 Å². The van der Waals surface area contributed by atoms with Crippen LogP contribution >= 0.6 is 15.9 Å². The standard InChI is InChI=1S/C48H71BrO2/c1-7-39(8-2)37(3)25-26-38(4)43-29-30-44-42-28-27-40-36-41(31-33-47(40,5)45(42)32-34-48(43,44)6)51-46(50)24-22-20-18-16-14-12-10-9-11-13-15-17-19-21-23-35-49/h9-10,23,27,35,38-39,41-45H,3,7-8,11,13,15-18,20,22,24-26,28-34,36H2,1-2,4-6H3/b10-9+,35-23+. The number of hydrogen-bond acceptors (Lipinski definition) is 2. The molecule has 0 N–H and O–H groups in total. The van der Waals surface area contributed by atoms with Crippen LogP contribution in [0.25, 0.3) is 0 Å². The molecule has 3 saturated carbocycles. The van der Waals surface area contributed by atoms with Gasteiger partial charge in [0.25, 0.3) is 0 Å². The van der Waals surface area contributed by atoms with Crippen molar-refractivity contribution in [1.29, 1.82) is 0 Å². The van der Waals surface area contributed by atoms with Gasteiger partial charge in [-0.1, -0.05) is 111 Å². The summed E-state index contributed by atoms with van der Waals surface area (Å²) in [5.41, 5.74) is 3.90. The highest BCUT2D eigenvalue weighted by Gasteiger charge is 2.59. The summed E-state index contributed by atoms with van der Waals surface area (Å²) in [6.45, 7) is 17.0. The third kappa shape index (κ3) is 11.3. The molecular formula is C48H71BrO2. The molecule has 0 aromatic heterocycles. The highest BCUT2D eigenvalue weighted by atomic mass is 79.9. The first-order valence-electron chi connectivity index (χ1n) is 21.1. The summed E-state index contributed by atoms with van der Waals surface area (Å²) in [4.78, 5) is 14.6. The van der Waals surface area contributed by atoms with E-state index in [2.05, 4.69) is 93.0 Å². The van der Waals surface area contributed by atoms with Gasteiger partial charge in [-0.2, -0.15) is 0 Å². The van der Waals surface area contributed by atoms with Crippen LogP contribution < -0.4 is 0 Å². The Balaban J connectivity index is 1.15. The van der Waals surface area contributed by atoms with Gasteiger partial charge in [0, 0.05) is 25.7 Å². The smallest absolute Gasteiger partial charge is 0.306 e. The van der Waals surface area contributed by atoms with Crippen LogP contribution in [0, 0.1) is 70.0 Å². The van der Waals surface area contributed by atoms with Gasteiger partial charge in [0.2, 0.25) is 0 Å². The Labute approximate surface area is 322 Å². The summed E-state index contributed by atoms with van der Waals surface area (Å²) in [6, 6.07) is 0. The fourth-order valence-electron chi connectivity index (χ4n) is 11.2. The van der Waals surface area contributed by atoms with Crippen LogP contribution in [0.1, 0.15) is 169 Å². The van der Waals surface area contributed by atoms with Gasteiger partial charge in [0.15, 0.2) is 0 Å². The lowest BCUT2D eigenvalue weighted by atomic mass is 9.47. The second kappa shape index (κ2) is 21.1. The van der Waals surface area contributed by atoms with Gasteiger partial charge in [0.05, 0.1) is 0 Å². The second-order valence-corrected chi connectivity index (χ2v) is 17.7. The Kier molecular flexibility index (Phi) is 17.2. The van der Waals surface area contributed by atoms with Crippen LogP contribution in [0.3, 0.4) is 0 Å². The molecule has 51 heavy (non-hydrogen) atoms. The van der Waals surface area contributed by atoms with Crippen LogP contribution in [-0.4, -0.2) is 12.1 Å². The van der Waals surface area contributed by atoms with Crippen molar-refractivity contribution in [2.45, 2.75) is 176 Å². The first kappa shape index (κ1) is 41.8. The molecule has 8 unspecified atom stereocenters. The van der Waals surface area contributed by atoms with E-state index in [1.54, 1.807) is 10.6 Å². The fraction of sp³-hybridized carbons (Fsp3) is 0.729. The number of hydrogen-bond donors (Lipinski definition) is 0. The van der Waals surface area contributed by atoms with Crippen LogP contribution in [-0.2, 0) is 9.53 Å². The van der Waals surface area contributed by atoms with Gasteiger partial charge in [-0.25, -0.2) is 0 Å². The van der Waals surface area contributed by atoms with Crippen molar-refractivity contribution in [1.82, 2.24) is 0 Å². The predicted octanol–water partition coefficient (Wildman–Crippen LogP) is 13.9. The van der Waals surface area contributed by atoms with Crippen molar-refractivity contribution in [2.24, 2.45) is 46.3 Å². The number of unbranched alkanes of at least 4 members (excludes halogenated alkanes) is 6. The summed E-state index contributed by atoms with van der Waals surface area (Å²) in [7, 11) is 0. The number of ether oxygens (including phenoxy) is 1. The molecule has 8 atom stereocenters. The molecule has 3 heteroatoms. The van der Waals surface area contributed by atoms with E-state index in [0.717, 1.165) is 93.8 Å². The van der Waals surface area contributed by atoms with Crippen LogP contribution in [0.15, 0.2) is 47.0 Å². The van der Waals surface area contributed by atoms with Crippen molar-refractivity contribution in [3.63, 3.8) is 0 Å². The Bertz CT molecular complexity index is 1340. The Hall–Kier alpha value is -1.97. The minimum atomic E-state index is 0.000469. The van der Waals surface area contributed by atoms with Crippen molar-refractivity contribution < 1.29 is 9.53 Å². The minimum Gasteiger partial charge on any atom is -0.462 e. The van der Waals surface area contributed by atoms with Crippen LogP contribution in [0.5, 0.6) is 0 Å². The van der Waals surface area contributed by atoms with E-state index in [-0.39, 0.29) is 12.1 Å². The Morgan fingerprint density at radius 3 is 2.45 bits per heavy atom.